The average molecular weight is 365 g/mol. The fourth-order valence-corrected chi connectivity index (χ4v) is 4.00. The number of carbonyl (C=O) groups is 2. The quantitative estimate of drug-likeness (QED) is 0.502. The number of ether oxygens (including phenoxy) is 2. The molecule has 1 aromatic rings. The monoisotopic (exact) mass is 365 g/mol. The molecule has 2 N–H and O–H groups in total. The summed E-state index contributed by atoms with van der Waals surface area (Å²) in [6, 6.07) is 0. The van der Waals surface area contributed by atoms with Gasteiger partial charge in [0.25, 0.3) is 0 Å². The first-order valence-electron chi connectivity index (χ1n) is 8.70. The highest BCUT2D eigenvalue weighted by molar-refractivity contribution is 6.27. The van der Waals surface area contributed by atoms with E-state index in [-0.39, 0.29) is 35.0 Å². The Morgan fingerprint density at radius 3 is 2.50 bits per heavy atom. The molecular formula is C19H21F2NO4. The lowest BCUT2D eigenvalue weighted by Crippen LogP contribution is -2.28. The molecule has 2 aliphatic rings. The Morgan fingerprint density at radius 2 is 1.92 bits per heavy atom. The lowest BCUT2D eigenvalue weighted by molar-refractivity contribution is -0.138. The maximum Gasteiger partial charge on any atom is 0.341 e. The third-order valence-electron chi connectivity index (χ3n) is 5.17. The van der Waals surface area contributed by atoms with Gasteiger partial charge < -0.3 is 15.2 Å². The van der Waals surface area contributed by atoms with Crippen molar-refractivity contribution in [1.29, 1.82) is 0 Å². The van der Waals surface area contributed by atoms with Crippen LogP contribution < -0.4 is 10.5 Å². The van der Waals surface area contributed by atoms with Gasteiger partial charge in [0.05, 0.1) is 25.0 Å². The van der Waals surface area contributed by atoms with Crippen molar-refractivity contribution < 1.29 is 27.8 Å². The standard InChI is InChI=1S/C19H21F2NO4/c1-3-26-19(24)11-8-10(9-6-4-5-7-9)12-13(17(11)23)16(22)14(20)15(21)18(12)25-2/h8-10H,3-7,22H2,1-2H3. The Morgan fingerprint density at radius 1 is 1.27 bits per heavy atom. The van der Waals surface area contributed by atoms with Crippen molar-refractivity contribution in [1.82, 2.24) is 0 Å². The lowest BCUT2D eigenvalue weighted by atomic mass is 9.74. The molecule has 0 radical (unpaired) electrons. The fraction of sp³-hybridized carbons (Fsp3) is 0.474. The van der Waals surface area contributed by atoms with Gasteiger partial charge in [0.15, 0.2) is 11.6 Å². The topological polar surface area (TPSA) is 78.6 Å². The first kappa shape index (κ1) is 18.4. The van der Waals surface area contributed by atoms with Crippen LogP contribution in [0.4, 0.5) is 14.5 Å². The van der Waals surface area contributed by atoms with Crippen LogP contribution in [0.1, 0.15) is 54.4 Å². The van der Waals surface area contributed by atoms with Crippen LogP contribution >= 0.6 is 0 Å². The summed E-state index contributed by atoms with van der Waals surface area (Å²) in [6.07, 6.45) is 5.21. The molecule has 1 fully saturated rings. The number of nitrogen functional groups attached to an aromatic ring is 1. The largest absolute Gasteiger partial charge is 0.493 e. The first-order valence-corrected chi connectivity index (χ1v) is 8.70. The van der Waals surface area contributed by atoms with Crippen molar-refractivity contribution in [3.63, 3.8) is 0 Å². The number of anilines is 1. The summed E-state index contributed by atoms with van der Waals surface area (Å²) < 4.78 is 38.7. The van der Waals surface area contributed by atoms with Crippen LogP contribution in [0.3, 0.4) is 0 Å². The maximum absolute atomic E-state index is 14.4. The maximum atomic E-state index is 14.4. The molecule has 2 aliphatic carbocycles. The van der Waals surface area contributed by atoms with Crippen LogP contribution in [0, 0.1) is 17.6 Å². The Balaban J connectivity index is 2.26. The number of Topliss-reactive ketones (excluding diaryl/α,β-unsaturated/α-hetero) is 1. The van der Waals surface area contributed by atoms with E-state index in [9.17, 15) is 18.4 Å². The third kappa shape index (κ3) is 2.75. The smallest absolute Gasteiger partial charge is 0.341 e. The van der Waals surface area contributed by atoms with Gasteiger partial charge in [0.2, 0.25) is 11.6 Å². The van der Waals surface area contributed by atoms with Crippen molar-refractivity contribution in [2.24, 2.45) is 5.92 Å². The zero-order valence-corrected chi connectivity index (χ0v) is 14.7. The molecule has 0 bridgehead atoms. The van der Waals surface area contributed by atoms with Gasteiger partial charge in [-0.3, -0.25) is 4.79 Å². The highest BCUT2D eigenvalue weighted by Gasteiger charge is 2.41. The highest BCUT2D eigenvalue weighted by Crippen LogP contribution is 2.49. The van der Waals surface area contributed by atoms with Crippen LogP contribution in [-0.4, -0.2) is 25.5 Å². The highest BCUT2D eigenvalue weighted by atomic mass is 19.2. The van der Waals surface area contributed by atoms with E-state index in [4.69, 9.17) is 15.2 Å². The Bertz CT molecular complexity index is 797. The van der Waals surface area contributed by atoms with E-state index in [2.05, 4.69) is 0 Å². The van der Waals surface area contributed by atoms with Crippen molar-refractivity contribution in [2.75, 3.05) is 19.5 Å². The van der Waals surface area contributed by atoms with Gasteiger partial charge in [-0.2, -0.15) is 4.39 Å². The molecule has 1 aromatic carbocycles. The molecule has 1 unspecified atom stereocenters. The number of hydrogen-bond acceptors (Lipinski definition) is 5. The van der Waals surface area contributed by atoms with Crippen molar-refractivity contribution >= 4 is 17.4 Å². The second kappa shape index (κ2) is 7.05. The number of methoxy groups -OCH3 is 1. The number of allylic oxidation sites excluding steroid dienone is 1. The van der Waals surface area contributed by atoms with E-state index in [0.717, 1.165) is 25.7 Å². The minimum Gasteiger partial charge on any atom is -0.493 e. The Labute approximate surface area is 150 Å². The predicted molar refractivity (Wildman–Crippen MR) is 91.1 cm³/mol. The molecule has 0 aromatic heterocycles. The van der Waals surface area contributed by atoms with E-state index in [0.29, 0.717) is 0 Å². The molecule has 0 amide bonds. The van der Waals surface area contributed by atoms with E-state index in [1.165, 1.54) is 13.2 Å². The average Bonchev–Trinajstić information content (AvgIpc) is 3.15. The van der Waals surface area contributed by atoms with Crippen LogP contribution in [0.5, 0.6) is 5.75 Å². The fourth-order valence-electron chi connectivity index (χ4n) is 4.00. The predicted octanol–water partition coefficient (Wildman–Crippen LogP) is 3.52. The molecule has 0 saturated heterocycles. The number of ketones is 1. The summed E-state index contributed by atoms with van der Waals surface area (Å²) in [5.74, 6) is -4.80. The summed E-state index contributed by atoms with van der Waals surface area (Å²) in [7, 11) is 1.22. The first-order chi connectivity index (χ1) is 12.4. The molecule has 1 saturated carbocycles. The van der Waals surface area contributed by atoms with Crippen molar-refractivity contribution in [3.8, 4) is 5.75 Å². The van der Waals surface area contributed by atoms with Gasteiger partial charge in [-0.15, -0.1) is 0 Å². The molecule has 7 heteroatoms. The van der Waals surface area contributed by atoms with E-state index < -0.39 is 35.0 Å². The molecule has 26 heavy (non-hydrogen) atoms. The minimum atomic E-state index is -1.34. The van der Waals surface area contributed by atoms with Gasteiger partial charge in [0.1, 0.15) is 5.57 Å². The number of fused-ring (bicyclic) bond motifs is 1. The number of nitrogens with two attached hydrogens (primary N) is 1. The number of esters is 1. The van der Waals surface area contributed by atoms with Crippen molar-refractivity contribution in [3.05, 3.63) is 34.4 Å². The van der Waals surface area contributed by atoms with Crippen LogP contribution in [0.2, 0.25) is 0 Å². The summed E-state index contributed by atoms with van der Waals surface area (Å²) in [4.78, 5) is 25.1. The van der Waals surface area contributed by atoms with E-state index in [1.54, 1.807) is 6.92 Å². The van der Waals surface area contributed by atoms with Crippen molar-refractivity contribution in [2.45, 2.75) is 38.5 Å². The normalized spacial score (nSPS) is 19.9. The molecule has 3 rings (SSSR count). The number of hydrogen-bond donors (Lipinski definition) is 1. The molecule has 140 valence electrons. The van der Waals surface area contributed by atoms with Crippen LogP contribution in [-0.2, 0) is 9.53 Å². The zero-order valence-electron chi connectivity index (χ0n) is 14.7. The lowest BCUT2D eigenvalue weighted by Gasteiger charge is -2.30. The molecular weight excluding hydrogens is 344 g/mol. The number of carbonyl (C=O) groups excluding carboxylic acids is 2. The van der Waals surface area contributed by atoms with Crippen LogP contribution in [0.15, 0.2) is 11.6 Å². The molecule has 0 heterocycles. The minimum absolute atomic E-state index is 0.0874. The number of rotatable bonds is 4. The number of benzene rings is 1. The van der Waals surface area contributed by atoms with E-state index >= 15 is 0 Å². The number of halogens is 2. The summed E-state index contributed by atoms with van der Waals surface area (Å²) in [5.41, 5.74) is 5.00. The van der Waals surface area contributed by atoms with Gasteiger partial charge >= 0.3 is 5.97 Å². The van der Waals surface area contributed by atoms with Gasteiger partial charge in [-0.1, -0.05) is 18.9 Å². The summed E-state index contributed by atoms with van der Waals surface area (Å²) >= 11 is 0. The summed E-state index contributed by atoms with van der Waals surface area (Å²) in [5, 5.41) is 0. The summed E-state index contributed by atoms with van der Waals surface area (Å²) in [6.45, 7) is 1.72. The molecule has 1 atom stereocenters. The molecule has 5 nitrogen and oxygen atoms in total. The Kier molecular flexibility index (Phi) is 4.98. The second-order valence-electron chi connectivity index (χ2n) is 6.56. The van der Waals surface area contributed by atoms with Gasteiger partial charge in [-0.05, 0) is 25.7 Å². The van der Waals surface area contributed by atoms with Gasteiger partial charge in [0, 0.05) is 11.5 Å². The SMILES string of the molecule is CCOC(=O)C1=CC(C2CCCC2)c2c(OC)c(F)c(F)c(N)c2C1=O. The van der Waals surface area contributed by atoms with Gasteiger partial charge in [-0.25, -0.2) is 9.18 Å². The third-order valence-corrected chi connectivity index (χ3v) is 5.17. The second-order valence-corrected chi connectivity index (χ2v) is 6.56. The molecule has 0 spiro atoms. The zero-order chi connectivity index (χ0) is 19.0. The van der Waals surface area contributed by atoms with E-state index in [1.807, 2.05) is 0 Å². The van der Waals surface area contributed by atoms with Crippen LogP contribution in [0.25, 0.3) is 0 Å². The Hall–Kier alpha value is -2.44. The molecule has 0 aliphatic heterocycles.